The van der Waals surface area contributed by atoms with E-state index in [1.807, 2.05) is 47.1 Å². The number of methoxy groups -OCH3 is 1. The quantitative estimate of drug-likeness (QED) is 0.608. The molecule has 1 saturated heterocycles. The minimum absolute atomic E-state index is 0.734. The first kappa shape index (κ1) is 22.9. The smallest absolute Gasteiger partial charge is 0.165 e. The Morgan fingerprint density at radius 1 is 0.871 bits per heavy atom. The fourth-order valence-electron chi connectivity index (χ4n) is 3.59. The first-order valence-electron chi connectivity index (χ1n) is 11.0. The van der Waals surface area contributed by atoms with E-state index in [1.165, 1.54) is 24.1 Å². The lowest BCUT2D eigenvalue weighted by Gasteiger charge is -2.20. The molecule has 31 heavy (non-hydrogen) atoms. The molecule has 2 aromatic carbocycles. The van der Waals surface area contributed by atoms with Crippen molar-refractivity contribution >= 4 is 0 Å². The van der Waals surface area contributed by atoms with Gasteiger partial charge < -0.3 is 9.64 Å². The number of likely N-dealkylation sites (N-methyl/N-ethyl adjacent to an activating group) is 1. The highest BCUT2D eigenvalue weighted by Gasteiger charge is 2.16. The normalized spacial score (nSPS) is 15.1. The van der Waals surface area contributed by atoms with Crippen LogP contribution < -0.4 is 4.74 Å². The molecule has 0 amide bonds. The SMILES string of the molecule is CCN1CCCN(Cc2nnnn2Cc2ccccc2)CC1.COc1ccc(C)cc1. The zero-order valence-corrected chi connectivity index (χ0v) is 18.9. The van der Waals surface area contributed by atoms with Gasteiger partial charge in [0.05, 0.1) is 20.2 Å². The van der Waals surface area contributed by atoms with Crippen LogP contribution in [0, 0.1) is 6.92 Å². The number of aryl methyl sites for hydroxylation is 1. The zero-order valence-electron chi connectivity index (χ0n) is 18.9. The Bertz CT molecular complexity index is 881. The fraction of sp³-hybridized carbons (Fsp3) is 0.458. The number of nitrogens with zero attached hydrogens (tertiary/aromatic N) is 6. The maximum absolute atomic E-state index is 4.97. The van der Waals surface area contributed by atoms with Crippen LogP contribution in [-0.4, -0.2) is 69.8 Å². The number of hydrogen-bond acceptors (Lipinski definition) is 6. The molecule has 0 N–H and O–H groups in total. The number of ether oxygens (including phenoxy) is 1. The van der Waals surface area contributed by atoms with E-state index in [2.05, 4.69) is 51.3 Å². The molecule has 7 nitrogen and oxygen atoms in total. The van der Waals surface area contributed by atoms with Crippen LogP contribution >= 0.6 is 0 Å². The van der Waals surface area contributed by atoms with Gasteiger partial charge in [-0.1, -0.05) is 55.0 Å². The molecule has 0 spiro atoms. The van der Waals surface area contributed by atoms with Crippen molar-refractivity contribution in [2.45, 2.75) is 33.4 Å². The van der Waals surface area contributed by atoms with E-state index in [9.17, 15) is 0 Å². The van der Waals surface area contributed by atoms with Crippen molar-refractivity contribution in [1.82, 2.24) is 30.0 Å². The van der Waals surface area contributed by atoms with Crippen molar-refractivity contribution in [2.75, 3.05) is 39.8 Å². The summed E-state index contributed by atoms with van der Waals surface area (Å²) < 4.78 is 6.88. The molecular formula is C24H34N6O. The van der Waals surface area contributed by atoms with Crippen molar-refractivity contribution in [1.29, 1.82) is 0 Å². The first-order valence-corrected chi connectivity index (χ1v) is 11.0. The van der Waals surface area contributed by atoms with Gasteiger partial charge in [-0.25, -0.2) is 4.68 Å². The number of tetrazole rings is 1. The molecule has 1 fully saturated rings. The third-order valence-corrected chi connectivity index (χ3v) is 5.53. The predicted octanol–water partition coefficient (Wildman–Crippen LogP) is 3.25. The monoisotopic (exact) mass is 422 g/mol. The fourth-order valence-corrected chi connectivity index (χ4v) is 3.59. The van der Waals surface area contributed by atoms with E-state index in [0.29, 0.717) is 0 Å². The van der Waals surface area contributed by atoms with Crippen LogP contribution in [0.3, 0.4) is 0 Å². The third kappa shape index (κ3) is 7.45. The van der Waals surface area contributed by atoms with Gasteiger partial charge in [0.25, 0.3) is 0 Å². The van der Waals surface area contributed by atoms with Crippen molar-refractivity contribution in [3.8, 4) is 5.75 Å². The number of aromatic nitrogens is 4. The zero-order chi connectivity index (χ0) is 21.9. The van der Waals surface area contributed by atoms with E-state index in [1.54, 1.807) is 7.11 Å². The average molecular weight is 423 g/mol. The molecule has 0 saturated carbocycles. The average Bonchev–Trinajstić information content (AvgIpc) is 3.10. The van der Waals surface area contributed by atoms with Gasteiger partial charge in [-0.3, -0.25) is 4.90 Å². The van der Waals surface area contributed by atoms with Gasteiger partial charge in [0.1, 0.15) is 5.75 Å². The van der Waals surface area contributed by atoms with Gasteiger partial charge in [-0.15, -0.1) is 5.10 Å². The second kappa shape index (κ2) is 12.2. The minimum Gasteiger partial charge on any atom is -0.497 e. The molecule has 1 aliphatic rings. The molecule has 3 aromatic rings. The molecular weight excluding hydrogens is 388 g/mol. The van der Waals surface area contributed by atoms with Crippen molar-refractivity contribution in [2.24, 2.45) is 0 Å². The Morgan fingerprint density at radius 2 is 1.58 bits per heavy atom. The summed E-state index contributed by atoms with van der Waals surface area (Å²) in [5, 5.41) is 12.2. The van der Waals surface area contributed by atoms with E-state index in [-0.39, 0.29) is 0 Å². The molecule has 1 aromatic heterocycles. The van der Waals surface area contributed by atoms with E-state index >= 15 is 0 Å². The van der Waals surface area contributed by atoms with E-state index < -0.39 is 0 Å². The number of hydrogen-bond donors (Lipinski definition) is 0. The summed E-state index contributed by atoms with van der Waals surface area (Å²) >= 11 is 0. The third-order valence-electron chi connectivity index (χ3n) is 5.53. The van der Waals surface area contributed by atoms with Gasteiger partial charge in [0.15, 0.2) is 5.82 Å². The summed E-state index contributed by atoms with van der Waals surface area (Å²) in [4.78, 5) is 4.97. The molecule has 2 heterocycles. The van der Waals surface area contributed by atoms with Gasteiger partial charge in [0, 0.05) is 13.1 Å². The van der Waals surface area contributed by atoms with Gasteiger partial charge in [0.2, 0.25) is 0 Å². The lowest BCUT2D eigenvalue weighted by Crippen LogP contribution is -2.31. The van der Waals surface area contributed by atoms with Crippen molar-refractivity contribution in [3.05, 3.63) is 71.5 Å². The summed E-state index contributed by atoms with van der Waals surface area (Å²) in [6.07, 6.45) is 1.22. The lowest BCUT2D eigenvalue weighted by molar-refractivity contribution is 0.249. The van der Waals surface area contributed by atoms with Crippen LogP contribution in [-0.2, 0) is 13.1 Å². The van der Waals surface area contributed by atoms with Gasteiger partial charge in [-0.05, 0) is 61.1 Å². The Labute approximate surface area is 185 Å². The van der Waals surface area contributed by atoms with E-state index in [0.717, 1.165) is 50.8 Å². The minimum atomic E-state index is 0.734. The molecule has 0 aliphatic carbocycles. The molecule has 1 aliphatic heterocycles. The molecule has 7 heteroatoms. The van der Waals surface area contributed by atoms with E-state index in [4.69, 9.17) is 4.74 Å². The summed E-state index contributed by atoms with van der Waals surface area (Å²) in [6, 6.07) is 18.3. The molecule has 0 atom stereocenters. The van der Waals surface area contributed by atoms with Crippen LogP contribution in [0.15, 0.2) is 54.6 Å². The molecule has 166 valence electrons. The van der Waals surface area contributed by atoms with Crippen molar-refractivity contribution < 1.29 is 4.74 Å². The summed E-state index contributed by atoms with van der Waals surface area (Å²) in [5.41, 5.74) is 2.49. The second-order valence-electron chi connectivity index (χ2n) is 7.82. The summed E-state index contributed by atoms with van der Waals surface area (Å²) in [7, 11) is 1.67. The molecule has 4 rings (SSSR count). The molecule has 0 unspecified atom stereocenters. The molecule has 0 bridgehead atoms. The van der Waals surface area contributed by atoms with Crippen molar-refractivity contribution in [3.63, 3.8) is 0 Å². The van der Waals surface area contributed by atoms with Crippen LogP contribution in [0.4, 0.5) is 0 Å². The Balaban J connectivity index is 0.000000254. The standard InChI is InChI=1S/C16H24N6.C8H10O/c1-2-20-9-6-10-21(12-11-20)14-16-17-18-19-22(16)13-15-7-4-3-5-8-15;1-7-3-5-8(9-2)6-4-7/h3-5,7-8H,2,6,9-14H2,1H3;3-6H,1-2H3. The topological polar surface area (TPSA) is 59.3 Å². The summed E-state index contributed by atoms with van der Waals surface area (Å²) in [6.45, 7) is 11.5. The first-order chi connectivity index (χ1) is 15.2. The highest BCUT2D eigenvalue weighted by Crippen LogP contribution is 2.10. The highest BCUT2D eigenvalue weighted by atomic mass is 16.5. The van der Waals surface area contributed by atoms with Crippen LogP contribution in [0.1, 0.15) is 30.3 Å². The Morgan fingerprint density at radius 3 is 2.29 bits per heavy atom. The number of rotatable bonds is 6. The van der Waals surface area contributed by atoms with Gasteiger partial charge >= 0.3 is 0 Å². The number of benzene rings is 2. The van der Waals surface area contributed by atoms with Gasteiger partial charge in [-0.2, -0.15) is 0 Å². The van der Waals surface area contributed by atoms with Crippen LogP contribution in [0.2, 0.25) is 0 Å². The van der Waals surface area contributed by atoms with Crippen LogP contribution in [0.5, 0.6) is 5.75 Å². The van der Waals surface area contributed by atoms with Crippen LogP contribution in [0.25, 0.3) is 0 Å². The maximum Gasteiger partial charge on any atom is 0.165 e. The Kier molecular flexibility index (Phi) is 8.99. The summed E-state index contributed by atoms with van der Waals surface area (Å²) in [5.74, 6) is 1.87. The molecule has 0 radical (unpaired) electrons. The second-order valence-corrected chi connectivity index (χ2v) is 7.82. The highest BCUT2D eigenvalue weighted by molar-refractivity contribution is 5.25. The maximum atomic E-state index is 4.97. The predicted molar refractivity (Wildman–Crippen MR) is 123 cm³/mol. The Hall–Kier alpha value is -2.77. The largest absolute Gasteiger partial charge is 0.497 e. The lowest BCUT2D eigenvalue weighted by atomic mass is 10.2.